The van der Waals surface area contributed by atoms with Gasteiger partial charge in [-0.2, -0.15) is 18.2 Å². The molecule has 3 aromatic heterocycles. The Labute approximate surface area is 189 Å². The first-order valence-electron chi connectivity index (χ1n) is 8.73. The molecule has 4 rings (SSSR count). The van der Waals surface area contributed by atoms with Crippen LogP contribution in [0.3, 0.4) is 0 Å². The van der Waals surface area contributed by atoms with E-state index in [0.29, 0.717) is 5.69 Å². The van der Waals surface area contributed by atoms with Gasteiger partial charge in [-0.25, -0.2) is 23.5 Å². The fourth-order valence-corrected chi connectivity index (χ4v) is 4.66. The number of benzene rings is 1. The van der Waals surface area contributed by atoms with Crippen LogP contribution in [0.25, 0.3) is 16.2 Å². The van der Waals surface area contributed by atoms with E-state index in [1.807, 2.05) is 0 Å². The van der Waals surface area contributed by atoms with Crippen molar-refractivity contribution in [2.75, 3.05) is 5.32 Å². The van der Waals surface area contributed by atoms with Crippen molar-refractivity contribution < 1.29 is 18.0 Å². The van der Waals surface area contributed by atoms with E-state index in [-0.39, 0.29) is 27.8 Å². The molecule has 0 aliphatic carbocycles. The Hall–Kier alpha value is -3.03. The van der Waals surface area contributed by atoms with Crippen molar-refractivity contribution in [3.8, 4) is 11.3 Å². The quantitative estimate of drug-likeness (QED) is 0.462. The van der Waals surface area contributed by atoms with Crippen molar-refractivity contribution in [3.63, 3.8) is 0 Å². The average molecular weight is 502 g/mol. The van der Waals surface area contributed by atoms with Crippen molar-refractivity contribution >= 4 is 50.3 Å². The number of alkyl halides is 3. The van der Waals surface area contributed by atoms with Gasteiger partial charge in [0.1, 0.15) is 0 Å². The number of carbonyl (C=O) groups is 1. The Morgan fingerprint density at radius 3 is 2.66 bits per heavy atom. The summed E-state index contributed by atoms with van der Waals surface area (Å²) in [5.41, 5.74) is -1.53. The van der Waals surface area contributed by atoms with E-state index in [9.17, 15) is 27.6 Å². The number of amides is 1. The molecule has 0 bridgehead atoms. The van der Waals surface area contributed by atoms with E-state index in [2.05, 4.69) is 15.3 Å². The summed E-state index contributed by atoms with van der Waals surface area (Å²) in [7, 11) is 1.28. The van der Waals surface area contributed by atoms with E-state index in [4.69, 9.17) is 11.6 Å². The second-order valence-corrected chi connectivity index (χ2v) is 8.64. The Balaban J connectivity index is 1.54. The molecule has 0 saturated heterocycles. The monoisotopic (exact) mass is 501 g/mol. The fraction of sp³-hybridized carbons (Fsp3) is 0.167. The van der Waals surface area contributed by atoms with Crippen molar-refractivity contribution in [2.24, 2.45) is 7.05 Å². The molecule has 0 atom stereocenters. The van der Waals surface area contributed by atoms with Crippen molar-refractivity contribution in [2.45, 2.75) is 12.6 Å². The van der Waals surface area contributed by atoms with Gasteiger partial charge in [0.25, 0.3) is 0 Å². The van der Waals surface area contributed by atoms with E-state index in [1.165, 1.54) is 22.9 Å². The second-order valence-electron chi connectivity index (χ2n) is 6.54. The highest BCUT2D eigenvalue weighted by Crippen LogP contribution is 2.37. The minimum atomic E-state index is -4.61. The zero-order valence-corrected chi connectivity index (χ0v) is 18.3. The summed E-state index contributed by atoms with van der Waals surface area (Å²) >= 11 is 7.72. The standard InChI is InChI=1S/C18H11ClF3N5O3S2/c1-26-15(29)25-16-27(17(26)30)9(6-32-16)5-13(28)24-14-23-12(7-31-14)8-2-3-11(19)10(4-8)18(20,21)22/h2-4,6-7H,5H2,1H3,(H,23,24,28). The van der Waals surface area contributed by atoms with Crippen LogP contribution < -0.4 is 16.7 Å². The lowest BCUT2D eigenvalue weighted by Gasteiger charge is -2.09. The van der Waals surface area contributed by atoms with Gasteiger partial charge in [0.2, 0.25) is 10.9 Å². The van der Waals surface area contributed by atoms with Gasteiger partial charge in [0.15, 0.2) is 5.13 Å². The summed E-state index contributed by atoms with van der Waals surface area (Å²) in [4.78, 5) is 44.5. The van der Waals surface area contributed by atoms with Crippen LogP contribution in [0.1, 0.15) is 11.3 Å². The lowest BCUT2D eigenvalue weighted by atomic mass is 10.1. The smallest absolute Gasteiger partial charge is 0.302 e. The van der Waals surface area contributed by atoms with Gasteiger partial charge in [-0.05, 0) is 12.1 Å². The van der Waals surface area contributed by atoms with Crippen LogP contribution in [0.15, 0.2) is 38.5 Å². The molecule has 1 aromatic carbocycles. The number of thiazole rings is 2. The van der Waals surface area contributed by atoms with E-state index >= 15 is 0 Å². The van der Waals surface area contributed by atoms with Gasteiger partial charge in [-0.3, -0.25) is 4.79 Å². The predicted octanol–water partition coefficient (Wildman–Crippen LogP) is 3.43. The Morgan fingerprint density at radius 1 is 1.19 bits per heavy atom. The highest BCUT2D eigenvalue weighted by Gasteiger charge is 2.33. The summed E-state index contributed by atoms with van der Waals surface area (Å²) in [5, 5.41) is 5.36. The molecule has 0 radical (unpaired) electrons. The normalized spacial score (nSPS) is 11.8. The third kappa shape index (κ3) is 4.18. The molecule has 0 aliphatic heterocycles. The molecule has 0 fully saturated rings. The third-order valence-electron chi connectivity index (χ3n) is 4.40. The Bertz CT molecular complexity index is 1470. The van der Waals surface area contributed by atoms with Crippen LogP contribution in [0.4, 0.5) is 18.3 Å². The fourth-order valence-electron chi connectivity index (χ4n) is 2.83. The first kappa shape index (κ1) is 22.2. The van der Waals surface area contributed by atoms with Crippen LogP contribution in [0, 0.1) is 0 Å². The molecule has 0 saturated carbocycles. The summed E-state index contributed by atoms with van der Waals surface area (Å²) in [5.74, 6) is -0.501. The molecule has 4 aromatic rings. The lowest BCUT2D eigenvalue weighted by molar-refractivity contribution is -0.137. The van der Waals surface area contributed by atoms with Crippen molar-refractivity contribution in [3.05, 3.63) is 66.2 Å². The number of carbonyl (C=O) groups excluding carboxylic acids is 1. The third-order valence-corrected chi connectivity index (χ3v) is 6.36. The Kier molecular flexibility index (Phi) is 5.65. The van der Waals surface area contributed by atoms with Crippen LogP contribution in [-0.4, -0.2) is 24.8 Å². The summed E-state index contributed by atoms with van der Waals surface area (Å²) < 4.78 is 41.2. The molecule has 8 nitrogen and oxygen atoms in total. The first-order valence-corrected chi connectivity index (χ1v) is 10.9. The van der Waals surface area contributed by atoms with Crippen LogP contribution in [0.2, 0.25) is 5.02 Å². The number of hydrogen-bond acceptors (Lipinski definition) is 7. The first-order chi connectivity index (χ1) is 15.0. The van der Waals surface area contributed by atoms with Crippen molar-refractivity contribution in [1.29, 1.82) is 0 Å². The Morgan fingerprint density at radius 2 is 1.94 bits per heavy atom. The highest BCUT2D eigenvalue weighted by molar-refractivity contribution is 7.15. The maximum absolute atomic E-state index is 13.1. The molecule has 0 unspecified atom stereocenters. The van der Waals surface area contributed by atoms with E-state index in [1.54, 1.807) is 5.38 Å². The van der Waals surface area contributed by atoms with Crippen molar-refractivity contribution in [1.82, 2.24) is 18.9 Å². The van der Waals surface area contributed by atoms with E-state index in [0.717, 1.165) is 39.4 Å². The summed E-state index contributed by atoms with van der Waals surface area (Å²) in [6.07, 6.45) is -4.81. The topological polar surface area (TPSA) is 98.4 Å². The molecule has 32 heavy (non-hydrogen) atoms. The number of rotatable bonds is 4. The van der Waals surface area contributed by atoms with Crippen LogP contribution in [0.5, 0.6) is 0 Å². The SMILES string of the molecule is Cn1c(=O)nc2scc(CC(=O)Nc3nc(-c4ccc(Cl)c(C(F)(F)F)c4)cs3)n2c1=O. The maximum Gasteiger partial charge on any atom is 0.417 e. The molecule has 1 N–H and O–H groups in total. The molecule has 14 heteroatoms. The largest absolute Gasteiger partial charge is 0.417 e. The zero-order valence-electron chi connectivity index (χ0n) is 15.9. The highest BCUT2D eigenvalue weighted by atomic mass is 35.5. The van der Waals surface area contributed by atoms with Gasteiger partial charge in [-0.15, -0.1) is 22.7 Å². The molecule has 1 amide bonds. The zero-order chi connectivity index (χ0) is 23.2. The number of halogens is 4. The minimum absolute atomic E-state index is 0.167. The molecule has 0 spiro atoms. The molecular formula is C18H11ClF3N5O3S2. The second kappa shape index (κ2) is 8.15. The van der Waals surface area contributed by atoms with Gasteiger partial charge in [0.05, 0.1) is 22.7 Å². The molecule has 3 heterocycles. The number of hydrogen-bond donors (Lipinski definition) is 1. The van der Waals surface area contributed by atoms with Gasteiger partial charge >= 0.3 is 17.6 Å². The van der Waals surface area contributed by atoms with Crippen LogP contribution in [-0.2, 0) is 24.4 Å². The van der Waals surface area contributed by atoms with E-state index < -0.39 is 34.0 Å². The van der Waals surface area contributed by atoms with Gasteiger partial charge in [0, 0.05) is 29.1 Å². The van der Waals surface area contributed by atoms with Gasteiger partial charge < -0.3 is 5.32 Å². The number of aromatic nitrogens is 4. The summed E-state index contributed by atoms with van der Waals surface area (Å²) in [6.45, 7) is 0. The number of anilines is 1. The van der Waals surface area contributed by atoms with Gasteiger partial charge in [-0.1, -0.05) is 17.7 Å². The number of fused-ring (bicyclic) bond motifs is 1. The minimum Gasteiger partial charge on any atom is -0.302 e. The lowest BCUT2D eigenvalue weighted by Crippen LogP contribution is -2.37. The molecule has 166 valence electrons. The number of nitrogens with zero attached hydrogens (tertiary/aromatic N) is 4. The predicted molar refractivity (Wildman–Crippen MR) is 114 cm³/mol. The summed E-state index contributed by atoms with van der Waals surface area (Å²) in [6, 6.07) is 3.43. The molecular weight excluding hydrogens is 491 g/mol. The number of nitrogens with one attached hydrogen (secondary N) is 1. The average Bonchev–Trinajstić information content (AvgIpc) is 3.33. The molecule has 0 aliphatic rings. The maximum atomic E-state index is 13.1. The van der Waals surface area contributed by atoms with Crippen LogP contribution >= 0.6 is 34.3 Å².